The van der Waals surface area contributed by atoms with E-state index < -0.39 is 11.9 Å². The molecule has 18 heavy (non-hydrogen) atoms. The molecule has 2 saturated heterocycles. The first-order chi connectivity index (χ1) is 8.56. The lowest BCUT2D eigenvalue weighted by Gasteiger charge is -2.23. The van der Waals surface area contributed by atoms with Crippen LogP contribution in [-0.4, -0.2) is 44.0 Å². The molecule has 0 aromatic carbocycles. The zero-order valence-corrected chi connectivity index (χ0v) is 11.1. The number of nitrogens with one attached hydrogen (secondary N) is 1. The summed E-state index contributed by atoms with van der Waals surface area (Å²) >= 11 is 0. The van der Waals surface area contributed by atoms with Crippen LogP contribution in [0.1, 0.15) is 33.1 Å². The molecule has 4 atom stereocenters. The SMILES string of the molecule is CCC1(C)O[C@H]2O[C@H](CCNC(=O)OC)C[C@H]2O1. The maximum atomic E-state index is 10.9. The molecule has 1 amide bonds. The molecule has 1 unspecified atom stereocenters. The monoisotopic (exact) mass is 259 g/mol. The first kappa shape index (κ1) is 13.6. The third-order valence-electron chi connectivity index (χ3n) is 3.45. The van der Waals surface area contributed by atoms with E-state index in [9.17, 15) is 4.79 Å². The highest BCUT2D eigenvalue weighted by Gasteiger charge is 2.49. The smallest absolute Gasteiger partial charge is 0.406 e. The van der Waals surface area contributed by atoms with Crippen LogP contribution >= 0.6 is 0 Å². The van der Waals surface area contributed by atoms with Crippen LogP contribution in [0.4, 0.5) is 4.79 Å². The topological polar surface area (TPSA) is 66.0 Å². The Labute approximate surface area is 107 Å². The van der Waals surface area contributed by atoms with Crippen molar-refractivity contribution in [2.45, 2.75) is 57.4 Å². The molecule has 0 aromatic rings. The molecule has 6 nitrogen and oxygen atoms in total. The number of alkyl carbamates (subject to hydrolysis) is 1. The number of hydrogen-bond donors (Lipinski definition) is 1. The molecule has 2 aliphatic heterocycles. The van der Waals surface area contributed by atoms with Gasteiger partial charge in [0.05, 0.1) is 13.2 Å². The number of carbonyl (C=O) groups is 1. The summed E-state index contributed by atoms with van der Waals surface area (Å²) < 4.78 is 21.8. The fourth-order valence-corrected chi connectivity index (χ4v) is 2.26. The summed E-state index contributed by atoms with van der Waals surface area (Å²) in [5.41, 5.74) is 0. The van der Waals surface area contributed by atoms with Crippen LogP contribution in [0.3, 0.4) is 0 Å². The second-order valence-corrected chi connectivity index (χ2v) is 4.83. The van der Waals surface area contributed by atoms with E-state index in [4.69, 9.17) is 14.2 Å². The normalized spacial score (nSPS) is 38.5. The Bertz CT molecular complexity index is 295. The third kappa shape index (κ3) is 2.93. The second-order valence-electron chi connectivity index (χ2n) is 4.83. The molecule has 0 spiro atoms. The fraction of sp³-hybridized carbons (Fsp3) is 0.917. The first-order valence-electron chi connectivity index (χ1n) is 6.39. The zero-order chi connectivity index (χ0) is 13.2. The van der Waals surface area contributed by atoms with Gasteiger partial charge in [-0.15, -0.1) is 0 Å². The van der Waals surface area contributed by atoms with Crippen LogP contribution in [0.25, 0.3) is 0 Å². The van der Waals surface area contributed by atoms with E-state index in [1.54, 1.807) is 0 Å². The van der Waals surface area contributed by atoms with Gasteiger partial charge in [-0.05, 0) is 19.8 Å². The van der Waals surface area contributed by atoms with Crippen LogP contribution < -0.4 is 5.32 Å². The van der Waals surface area contributed by atoms with Gasteiger partial charge in [-0.25, -0.2) is 4.79 Å². The van der Waals surface area contributed by atoms with Gasteiger partial charge in [-0.3, -0.25) is 0 Å². The summed E-state index contributed by atoms with van der Waals surface area (Å²) in [6.07, 6.45) is 1.74. The summed E-state index contributed by atoms with van der Waals surface area (Å²) in [6, 6.07) is 0. The Morgan fingerprint density at radius 3 is 2.89 bits per heavy atom. The molecule has 1 N–H and O–H groups in total. The van der Waals surface area contributed by atoms with Crippen LogP contribution in [0.5, 0.6) is 0 Å². The molecule has 2 aliphatic rings. The van der Waals surface area contributed by atoms with Crippen LogP contribution in [-0.2, 0) is 18.9 Å². The summed E-state index contributed by atoms with van der Waals surface area (Å²) in [4.78, 5) is 10.9. The Morgan fingerprint density at radius 1 is 1.50 bits per heavy atom. The number of ether oxygens (including phenoxy) is 4. The largest absolute Gasteiger partial charge is 0.453 e. The molecular weight excluding hydrogens is 238 g/mol. The summed E-state index contributed by atoms with van der Waals surface area (Å²) in [7, 11) is 1.35. The predicted octanol–water partition coefficient (Wildman–Crippen LogP) is 1.39. The molecule has 6 heteroatoms. The number of carbonyl (C=O) groups excluding carboxylic acids is 1. The fourth-order valence-electron chi connectivity index (χ4n) is 2.26. The lowest BCUT2D eigenvalue weighted by molar-refractivity contribution is -0.216. The Hall–Kier alpha value is -0.850. The van der Waals surface area contributed by atoms with Gasteiger partial charge in [-0.2, -0.15) is 0 Å². The van der Waals surface area contributed by atoms with Crippen molar-refractivity contribution in [3.63, 3.8) is 0 Å². The lowest BCUT2D eigenvalue weighted by atomic mass is 10.1. The minimum absolute atomic E-state index is 0.0121. The second kappa shape index (κ2) is 5.42. The highest BCUT2D eigenvalue weighted by molar-refractivity contribution is 5.66. The Balaban J connectivity index is 1.70. The minimum Gasteiger partial charge on any atom is -0.453 e. The van der Waals surface area contributed by atoms with Crippen molar-refractivity contribution < 1.29 is 23.7 Å². The van der Waals surface area contributed by atoms with Gasteiger partial charge in [0.2, 0.25) is 0 Å². The summed E-state index contributed by atoms with van der Waals surface area (Å²) in [6.45, 7) is 4.49. The molecule has 0 bridgehead atoms. The molecule has 2 heterocycles. The molecule has 0 aromatic heterocycles. The average Bonchev–Trinajstić information content (AvgIpc) is 2.83. The van der Waals surface area contributed by atoms with Gasteiger partial charge in [-0.1, -0.05) is 6.92 Å². The molecule has 2 fully saturated rings. The highest BCUT2D eigenvalue weighted by Crippen LogP contribution is 2.39. The van der Waals surface area contributed by atoms with Gasteiger partial charge < -0.3 is 24.3 Å². The van der Waals surface area contributed by atoms with Crippen molar-refractivity contribution >= 4 is 6.09 Å². The van der Waals surface area contributed by atoms with Crippen molar-refractivity contribution in [3.8, 4) is 0 Å². The number of fused-ring (bicyclic) bond motifs is 1. The number of hydrogen-bond acceptors (Lipinski definition) is 5. The predicted molar refractivity (Wildman–Crippen MR) is 63.0 cm³/mol. The molecule has 104 valence electrons. The van der Waals surface area contributed by atoms with Gasteiger partial charge in [0.25, 0.3) is 0 Å². The zero-order valence-electron chi connectivity index (χ0n) is 11.1. The van der Waals surface area contributed by atoms with Crippen LogP contribution in [0.2, 0.25) is 0 Å². The number of methoxy groups -OCH3 is 1. The van der Waals surface area contributed by atoms with E-state index >= 15 is 0 Å². The third-order valence-corrected chi connectivity index (χ3v) is 3.45. The van der Waals surface area contributed by atoms with Gasteiger partial charge in [0, 0.05) is 13.0 Å². The van der Waals surface area contributed by atoms with E-state index in [0.29, 0.717) is 6.54 Å². The summed E-state index contributed by atoms with van der Waals surface area (Å²) in [5.74, 6) is -0.509. The van der Waals surface area contributed by atoms with E-state index in [0.717, 1.165) is 19.3 Å². The standard InChI is InChI=1S/C12H21NO5/c1-4-12(2)17-9-7-8(16-10(9)18-12)5-6-13-11(14)15-3/h8-10H,4-7H2,1-3H3,(H,13,14)/t8-,9-,10-,12?/m1/s1. The maximum Gasteiger partial charge on any atom is 0.406 e. The molecule has 0 saturated carbocycles. The van der Waals surface area contributed by atoms with Crippen LogP contribution in [0.15, 0.2) is 0 Å². The van der Waals surface area contributed by atoms with Gasteiger partial charge in [0.15, 0.2) is 12.1 Å². The van der Waals surface area contributed by atoms with Crippen molar-refractivity contribution in [1.82, 2.24) is 5.32 Å². The Morgan fingerprint density at radius 2 is 2.28 bits per heavy atom. The molecular formula is C12H21NO5. The van der Waals surface area contributed by atoms with Crippen molar-refractivity contribution in [1.29, 1.82) is 0 Å². The number of rotatable bonds is 4. The van der Waals surface area contributed by atoms with E-state index in [2.05, 4.69) is 10.1 Å². The first-order valence-corrected chi connectivity index (χ1v) is 6.39. The average molecular weight is 259 g/mol. The van der Waals surface area contributed by atoms with Gasteiger partial charge >= 0.3 is 6.09 Å². The van der Waals surface area contributed by atoms with Crippen molar-refractivity contribution in [2.24, 2.45) is 0 Å². The molecule has 0 radical (unpaired) electrons. The number of amides is 1. The minimum atomic E-state index is -0.509. The maximum absolute atomic E-state index is 10.9. The van der Waals surface area contributed by atoms with E-state index in [-0.39, 0.29) is 18.5 Å². The Kier molecular flexibility index (Phi) is 4.09. The molecule has 0 aliphatic carbocycles. The van der Waals surface area contributed by atoms with Gasteiger partial charge in [0.1, 0.15) is 6.10 Å². The van der Waals surface area contributed by atoms with E-state index in [1.807, 2.05) is 13.8 Å². The molecule has 2 rings (SSSR count). The lowest BCUT2D eigenvalue weighted by Crippen LogP contribution is -2.30. The van der Waals surface area contributed by atoms with E-state index in [1.165, 1.54) is 7.11 Å². The summed E-state index contributed by atoms with van der Waals surface area (Å²) in [5, 5.41) is 2.63. The van der Waals surface area contributed by atoms with Crippen molar-refractivity contribution in [3.05, 3.63) is 0 Å². The quantitative estimate of drug-likeness (QED) is 0.826. The van der Waals surface area contributed by atoms with Crippen LogP contribution in [0, 0.1) is 0 Å². The van der Waals surface area contributed by atoms with Crippen molar-refractivity contribution in [2.75, 3.05) is 13.7 Å². The highest BCUT2D eigenvalue weighted by atomic mass is 16.8.